The molecule has 1 aliphatic heterocycles. The van der Waals surface area contributed by atoms with Gasteiger partial charge in [0.05, 0.1) is 18.6 Å². The first-order chi connectivity index (χ1) is 12.9. The standard InChI is InChI=1S/C20H36O7/c1-4-7-11-19(12-8-5-2)13-9-10-17(21)26-20(23,27-18(19)22)16-25-15-14-24-6-3/h23H,4-16H2,1-3H3. The zero-order chi connectivity index (χ0) is 20.2. The number of carbonyl (C=O) groups is 2. The molecule has 0 spiro atoms. The lowest BCUT2D eigenvalue weighted by Crippen LogP contribution is -2.47. The summed E-state index contributed by atoms with van der Waals surface area (Å²) >= 11 is 0. The monoisotopic (exact) mass is 388 g/mol. The summed E-state index contributed by atoms with van der Waals surface area (Å²) in [5, 5.41) is 10.6. The molecule has 0 amide bonds. The maximum Gasteiger partial charge on any atom is 0.398 e. The summed E-state index contributed by atoms with van der Waals surface area (Å²) in [6.07, 6.45) is 6.27. The lowest BCUT2D eigenvalue weighted by atomic mass is 9.74. The van der Waals surface area contributed by atoms with E-state index in [-0.39, 0.29) is 13.0 Å². The van der Waals surface area contributed by atoms with Crippen LogP contribution in [0.25, 0.3) is 0 Å². The Balaban J connectivity index is 2.91. The molecule has 0 aromatic rings. The van der Waals surface area contributed by atoms with Crippen molar-refractivity contribution < 1.29 is 33.6 Å². The molecule has 1 rings (SSSR count). The van der Waals surface area contributed by atoms with E-state index in [9.17, 15) is 14.7 Å². The molecule has 1 unspecified atom stereocenters. The number of hydrogen-bond acceptors (Lipinski definition) is 7. The van der Waals surface area contributed by atoms with Gasteiger partial charge in [-0.3, -0.25) is 9.59 Å². The Morgan fingerprint density at radius 2 is 1.63 bits per heavy atom. The third-order valence-electron chi connectivity index (χ3n) is 4.87. The van der Waals surface area contributed by atoms with Gasteiger partial charge in [0.1, 0.15) is 0 Å². The largest absolute Gasteiger partial charge is 0.398 e. The molecule has 27 heavy (non-hydrogen) atoms. The van der Waals surface area contributed by atoms with Gasteiger partial charge in [0.2, 0.25) is 0 Å². The summed E-state index contributed by atoms with van der Waals surface area (Å²) in [5.74, 6) is -3.50. The van der Waals surface area contributed by atoms with Crippen molar-refractivity contribution in [3.05, 3.63) is 0 Å². The summed E-state index contributed by atoms with van der Waals surface area (Å²) < 4.78 is 20.9. The first-order valence-electron chi connectivity index (χ1n) is 10.2. The van der Waals surface area contributed by atoms with E-state index in [0.717, 1.165) is 25.7 Å². The predicted octanol–water partition coefficient (Wildman–Crippen LogP) is 3.32. The van der Waals surface area contributed by atoms with Crippen molar-refractivity contribution in [2.45, 2.75) is 84.5 Å². The van der Waals surface area contributed by atoms with Gasteiger partial charge in [0.25, 0.3) is 0 Å². The van der Waals surface area contributed by atoms with Crippen LogP contribution in [0, 0.1) is 5.41 Å². The van der Waals surface area contributed by atoms with Crippen LogP contribution in [0.5, 0.6) is 0 Å². The molecule has 0 radical (unpaired) electrons. The maximum atomic E-state index is 13.1. The smallest absolute Gasteiger partial charge is 0.396 e. The van der Waals surface area contributed by atoms with Gasteiger partial charge in [-0.25, -0.2) is 0 Å². The maximum absolute atomic E-state index is 13.1. The lowest BCUT2D eigenvalue weighted by molar-refractivity contribution is -0.344. The van der Waals surface area contributed by atoms with Crippen LogP contribution >= 0.6 is 0 Å². The van der Waals surface area contributed by atoms with E-state index < -0.39 is 29.9 Å². The number of rotatable bonds is 12. The molecule has 0 saturated carbocycles. The molecule has 1 atom stereocenters. The van der Waals surface area contributed by atoms with Crippen LogP contribution < -0.4 is 0 Å². The fourth-order valence-electron chi connectivity index (χ4n) is 3.31. The second kappa shape index (κ2) is 12.3. The van der Waals surface area contributed by atoms with Crippen LogP contribution in [0.4, 0.5) is 0 Å². The summed E-state index contributed by atoms with van der Waals surface area (Å²) in [7, 11) is 0. The molecule has 1 saturated heterocycles. The van der Waals surface area contributed by atoms with Gasteiger partial charge < -0.3 is 24.1 Å². The average molecular weight is 389 g/mol. The van der Waals surface area contributed by atoms with Crippen molar-refractivity contribution >= 4 is 11.9 Å². The van der Waals surface area contributed by atoms with E-state index in [4.69, 9.17) is 18.9 Å². The van der Waals surface area contributed by atoms with Crippen LogP contribution in [0.2, 0.25) is 0 Å². The Labute approximate surface area is 162 Å². The minimum atomic E-state index is -2.39. The average Bonchev–Trinajstić information content (AvgIpc) is 2.66. The Hall–Kier alpha value is -1.18. The van der Waals surface area contributed by atoms with E-state index in [0.29, 0.717) is 38.9 Å². The topological polar surface area (TPSA) is 91.3 Å². The number of hydrogen-bond donors (Lipinski definition) is 1. The summed E-state index contributed by atoms with van der Waals surface area (Å²) in [5.41, 5.74) is -0.695. The van der Waals surface area contributed by atoms with Gasteiger partial charge >= 0.3 is 17.9 Å². The molecule has 158 valence electrons. The van der Waals surface area contributed by atoms with Crippen LogP contribution in [0.15, 0.2) is 0 Å². The van der Waals surface area contributed by atoms with Crippen LogP contribution in [-0.2, 0) is 28.5 Å². The molecule has 1 heterocycles. The molecule has 1 aliphatic rings. The van der Waals surface area contributed by atoms with Crippen LogP contribution in [0.1, 0.15) is 78.6 Å². The van der Waals surface area contributed by atoms with E-state index in [1.165, 1.54) is 0 Å². The molecule has 1 fully saturated rings. The molecule has 0 aromatic heterocycles. The minimum Gasteiger partial charge on any atom is -0.396 e. The second-order valence-corrected chi connectivity index (χ2v) is 7.17. The molecule has 7 heteroatoms. The van der Waals surface area contributed by atoms with Gasteiger partial charge in [-0.15, -0.1) is 0 Å². The molecular formula is C20H36O7. The SMILES string of the molecule is CCCCC1(CCCC)CCCC(=O)OC(O)(COCCOCC)OC1=O. The van der Waals surface area contributed by atoms with E-state index in [1.807, 2.05) is 6.92 Å². The lowest BCUT2D eigenvalue weighted by Gasteiger charge is -2.34. The summed E-state index contributed by atoms with van der Waals surface area (Å²) in [6, 6.07) is 0. The fraction of sp³-hybridized carbons (Fsp3) is 0.900. The minimum absolute atomic E-state index is 0.137. The van der Waals surface area contributed by atoms with Gasteiger partial charge in [-0.2, -0.15) is 0 Å². The zero-order valence-electron chi connectivity index (χ0n) is 17.1. The summed E-state index contributed by atoms with van der Waals surface area (Å²) in [6.45, 7) is 6.66. The van der Waals surface area contributed by atoms with Gasteiger partial charge in [0, 0.05) is 13.0 Å². The number of esters is 2. The Morgan fingerprint density at radius 3 is 2.22 bits per heavy atom. The van der Waals surface area contributed by atoms with E-state index in [2.05, 4.69) is 13.8 Å². The third-order valence-corrected chi connectivity index (χ3v) is 4.87. The normalized spacial score (nSPS) is 23.1. The predicted molar refractivity (Wildman–Crippen MR) is 99.8 cm³/mol. The first-order valence-corrected chi connectivity index (χ1v) is 10.2. The van der Waals surface area contributed by atoms with Crippen molar-refractivity contribution in [1.29, 1.82) is 0 Å². The number of cyclic esters (lactones) is 2. The number of aliphatic hydroxyl groups is 1. The molecule has 0 aromatic carbocycles. The van der Waals surface area contributed by atoms with Crippen molar-refractivity contribution in [2.75, 3.05) is 26.4 Å². The van der Waals surface area contributed by atoms with Gasteiger partial charge in [-0.1, -0.05) is 39.5 Å². The number of carbonyl (C=O) groups excluding carboxylic acids is 2. The fourth-order valence-corrected chi connectivity index (χ4v) is 3.31. The number of ether oxygens (including phenoxy) is 4. The Bertz CT molecular complexity index is 444. The molecule has 7 nitrogen and oxygen atoms in total. The van der Waals surface area contributed by atoms with Crippen molar-refractivity contribution in [3.8, 4) is 0 Å². The number of unbranched alkanes of at least 4 members (excludes halogenated alkanes) is 2. The molecule has 0 aliphatic carbocycles. The van der Waals surface area contributed by atoms with Gasteiger partial charge in [0.15, 0.2) is 6.61 Å². The van der Waals surface area contributed by atoms with Crippen molar-refractivity contribution in [2.24, 2.45) is 5.41 Å². The molecular weight excluding hydrogens is 352 g/mol. The van der Waals surface area contributed by atoms with Crippen LogP contribution in [0.3, 0.4) is 0 Å². The summed E-state index contributed by atoms with van der Waals surface area (Å²) in [4.78, 5) is 25.1. The van der Waals surface area contributed by atoms with E-state index in [1.54, 1.807) is 0 Å². The highest BCUT2D eigenvalue weighted by molar-refractivity contribution is 5.78. The quantitative estimate of drug-likeness (QED) is 0.405. The highest BCUT2D eigenvalue weighted by Crippen LogP contribution is 2.40. The van der Waals surface area contributed by atoms with Crippen molar-refractivity contribution in [3.63, 3.8) is 0 Å². The highest BCUT2D eigenvalue weighted by Gasteiger charge is 2.46. The second-order valence-electron chi connectivity index (χ2n) is 7.17. The highest BCUT2D eigenvalue weighted by atomic mass is 16.9. The first kappa shape index (κ1) is 23.9. The Kier molecular flexibility index (Phi) is 10.9. The van der Waals surface area contributed by atoms with E-state index >= 15 is 0 Å². The van der Waals surface area contributed by atoms with Crippen LogP contribution in [-0.4, -0.2) is 49.4 Å². The molecule has 1 N–H and O–H groups in total. The van der Waals surface area contributed by atoms with Gasteiger partial charge in [-0.05, 0) is 32.6 Å². The zero-order valence-corrected chi connectivity index (χ0v) is 17.1. The van der Waals surface area contributed by atoms with Crippen molar-refractivity contribution in [1.82, 2.24) is 0 Å². The Morgan fingerprint density at radius 1 is 1.00 bits per heavy atom. The molecule has 0 bridgehead atoms. The third kappa shape index (κ3) is 8.15.